The van der Waals surface area contributed by atoms with Gasteiger partial charge in [-0.15, -0.1) is 0 Å². The van der Waals surface area contributed by atoms with Gasteiger partial charge in [-0.1, -0.05) is 0 Å². The van der Waals surface area contributed by atoms with Gasteiger partial charge in [0.1, 0.15) is 0 Å². The minimum Gasteiger partial charge on any atom is -0.465 e. The largest absolute Gasteiger partial charge is 0.465 e. The summed E-state index contributed by atoms with van der Waals surface area (Å²) < 4.78 is 4.83. The first-order valence-electron chi connectivity index (χ1n) is 5.13. The van der Waals surface area contributed by atoms with Crippen molar-refractivity contribution in [3.8, 4) is 0 Å². The van der Waals surface area contributed by atoms with Crippen LogP contribution in [0.2, 0.25) is 0 Å². The van der Waals surface area contributed by atoms with E-state index in [-0.39, 0.29) is 5.97 Å². The van der Waals surface area contributed by atoms with Crippen molar-refractivity contribution in [3.05, 3.63) is 0 Å². The minimum absolute atomic E-state index is 0.126. The van der Waals surface area contributed by atoms with Crippen LogP contribution in [0.3, 0.4) is 0 Å². The molecule has 0 aromatic rings. The molecule has 0 aromatic heterocycles. The summed E-state index contributed by atoms with van der Waals surface area (Å²) in [4.78, 5) is 11.0. The Balaban J connectivity index is 1.56. The molecule has 2 fully saturated rings. The lowest BCUT2D eigenvalue weighted by molar-refractivity contribution is -0.142. The molecule has 0 amide bonds. The highest BCUT2D eigenvalue weighted by molar-refractivity contribution is 5.71. The molecule has 2 aliphatic carbocycles. The summed E-state index contributed by atoms with van der Waals surface area (Å²) in [5.41, 5.74) is 0.715. The van der Waals surface area contributed by atoms with Crippen molar-refractivity contribution in [2.75, 3.05) is 13.2 Å². The van der Waals surface area contributed by atoms with Gasteiger partial charge in [0.05, 0.1) is 13.2 Å². The van der Waals surface area contributed by atoms with Crippen molar-refractivity contribution < 1.29 is 9.53 Å². The van der Waals surface area contributed by atoms with Crippen molar-refractivity contribution in [2.24, 2.45) is 5.41 Å². The zero-order valence-corrected chi connectivity index (χ0v) is 8.14. The summed E-state index contributed by atoms with van der Waals surface area (Å²) in [6.07, 6.45) is 5.36. The number of rotatable bonds is 4. The Morgan fingerprint density at radius 3 is 2.77 bits per heavy atom. The van der Waals surface area contributed by atoms with Gasteiger partial charge in [-0.2, -0.15) is 0 Å². The number of carbonyl (C=O) groups is 1. The maximum absolute atomic E-state index is 11.0. The normalized spacial score (nSPS) is 24.1. The first-order chi connectivity index (χ1) is 6.24. The maximum atomic E-state index is 11.0. The molecule has 3 heteroatoms. The van der Waals surface area contributed by atoms with Crippen LogP contribution in [0.25, 0.3) is 0 Å². The van der Waals surface area contributed by atoms with Crippen molar-refractivity contribution >= 4 is 5.97 Å². The summed E-state index contributed by atoms with van der Waals surface area (Å²) in [6, 6.07) is 0.576. The molecule has 0 radical (unpaired) electrons. The van der Waals surface area contributed by atoms with E-state index in [1.54, 1.807) is 0 Å². The Kier molecular flexibility index (Phi) is 2.28. The summed E-state index contributed by atoms with van der Waals surface area (Å²) in [5, 5.41) is 3.22. The lowest BCUT2D eigenvalue weighted by atomic mass is 9.77. The van der Waals surface area contributed by atoms with Gasteiger partial charge in [0.2, 0.25) is 0 Å². The van der Waals surface area contributed by atoms with Gasteiger partial charge in [0.15, 0.2) is 0 Å². The van der Waals surface area contributed by atoms with Gasteiger partial charge in [0.25, 0.3) is 0 Å². The van der Waals surface area contributed by atoms with Crippen LogP contribution < -0.4 is 5.32 Å². The summed E-state index contributed by atoms with van der Waals surface area (Å²) in [6.45, 7) is 2.70. The number of ether oxygens (including phenoxy) is 1. The Bertz CT molecular complexity index is 203. The fraction of sp³-hybridized carbons (Fsp3) is 0.900. The smallest absolute Gasteiger partial charge is 0.319 e. The van der Waals surface area contributed by atoms with Crippen molar-refractivity contribution in [1.82, 2.24) is 5.32 Å². The molecular weight excluding hydrogens is 166 g/mol. The van der Waals surface area contributed by atoms with E-state index in [2.05, 4.69) is 5.32 Å². The average Bonchev–Trinajstić information content (AvgIpc) is 2.78. The molecule has 2 rings (SSSR count). The molecular formula is C10H17NO2. The van der Waals surface area contributed by atoms with Crippen molar-refractivity contribution in [3.63, 3.8) is 0 Å². The van der Waals surface area contributed by atoms with Gasteiger partial charge in [0, 0.05) is 6.04 Å². The minimum atomic E-state index is -0.126. The van der Waals surface area contributed by atoms with E-state index in [4.69, 9.17) is 4.74 Å². The molecule has 0 saturated heterocycles. The molecule has 0 aliphatic heterocycles. The van der Waals surface area contributed by atoms with Gasteiger partial charge in [-0.05, 0) is 38.0 Å². The molecule has 74 valence electrons. The van der Waals surface area contributed by atoms with Crippen LogP contribution in [0.15, 0.2) is 0 Å². The van der Waals surface area contributed by atoms with Crippen molar-refractivity contribution in [2.45, 2.75) is 38.6 Å². The highest BCUT2D eigenvalue weighted by Crippen LogP contribution is 2.60. The van der Waals surface area contributed by atoms with Gasteiger partial charge in [-0.25, -0.2) is 0 Å². The first kappa shape index (κ1) is 9.00. The maximum Gasteiger partial charge on any atom is 0.319 e. The van der Waals surface area contributed by atoms with Gasteiger partial charge in [-0.3, -0.25) is 4.79 Å². The van der Waals surface area contributed by atoms with Gasteiger partial charge >= 0.3 is 5.97 Å². The predicted molar refractivity (Wildman–Crippen MR) is 49.3 cm³/mol. The Morgan fingerprint density at radius 2 is 2.23 bits per heavy atom. The first-order valence-corrected chi connectivity index (χ1v) is 5.13. The van der Waals surface area contributed by atoms with E-state index in [1.165, 1.54) is 25.7 Å². The molecule has 2 saturated carbocycles. The summed E-state index contributed by atoms with van der Waals surface area (Å²) in [7, 11) is 0. The van der Waals surface area contributed by atoms with Crippen molar-refractivity contribution in [1.29, 1.82) is 0 Å². The number of carbonyl (C=O) groups excluding carboxylic acids is 1. The third-order valence-corrected chi connectivity index (χ3v) is 3.16. The zero-order valence-electron chi connectivity index (χ0n) is 8.14. The molecule has 1 spiro atoms. The van der Waals surface area contributed by atoms with Crippen LogP contribution in [-0.2, 0) is 9.53 Å². The van der Waals surface area contributed by atoms with E-state index >= 15 is 0 Å². The zero-order chi connectivity index (χ0) is 9.31. The summed E-state index contributed by atoms with van der Waals surface area (Å²) >= 11 is 0. The summed E-state index contributed by atoms with van der Waals surface area (Å²) in [5.74, 6) is -0.126. The molecule has 0 aromatic carbocycles. The predicted octanol–water partition coefficient (Wildman–Crippen LogP) is 1.08. The monoisotopic (exact) mass is 183 g/mol. The topological polar surface area (TPSA) is 38.3 Å². The highest BCUT2D eigenvalue weighted by Gasteiger charge is 2.52. The number of hydrogen-bond donors (Lipinski definition) is 1. The van der Waals surface area contributed by atoms with E-state index in [1.807, 2.05) is 6.92 Å². The van der Waals surface area contributed by atoms with E-state index < -0.39 is 0 Å². The fourth-order valence-corrected chi connectivity index (χ4v) is 2.15. The lowest BCUT2D eigenvalue weighted by Gasteiger charge is -2.36. The highest BCUT2D eigenvalue weighted by atomic mass is 16.5. The van der Waals surface area contributed by atoms with Crippen LogP contribution in [0, 0.1) is 5.41 Å². The lowest BCUT2D eigenvalue weighted by Crippen LogP contribution is -2.44. The molecule has 2 aliphatic rings. The molecule has 0 unspecified atom stereocenters. The molecule has 0 atom stereocenters. The van der Waals surface area contributed by atoms with Gasteiger partial charge < -0.3 is 10.1 Å². The Morgan fingerprint density at radius 1 is 1.54 bits per heavy atom. The number of esters is 1. The number of hydrogen-bond acceptors (Lipinski definition) is 3. The second-order valence-electron chi connectivity index (χ2n) is 4.29. The van der Waals surface area contributed by atoms with Crippen LogP contribution in [0.4, 0.5) is 0 Å². The van der Waals surface area contributed by atoms with Crippen LogP contribution >= 0.6 is 0 Å². The van der Waals surface area contributed by atoms with Crippen LogP contribution in [0.5, 0.6) is 0 Å². The van der Waals surface area contributed by atoms with E-state index in [0.29, 0.717) is 24.6 Å². The second-order valence-corrected chi connectivity index (χ2v) is 4.29. The average molecular weight is 183 g/mol. The third-order valence-electron chi connectivity index (χ3n) is 3.16. The molecule has 0 heterocycles. The number of nitrogens with one attached hydrogen (secondary N) is 1. The Hall–Kier alpha value is -0.570. The fourth-order valence-electron chi connectivity index (χ4n) is 2.15. The SMILES string of the molecule is CCOC(=O)CNC1CC2(CC2)C1. The van der Waals surface area contributed by atoms with Crippen LogP contribution in [-0.4, -0.2) is 25.2 Å². The molecule has 1 N–H and O–H groups in total. The third kappa shape index (κ3) is 2.02. The van der Waals surface area contributed by atoms with E-state index in [9.17, 15) is 4.79 Å². The van der Waals surface area contributed by atoms with Crippen LogP contribution in [0.1, 0.15) is 32.6 Å². The quantitative estimate of drug-likeness (QED) is 0.663. The standard InChI is InChI=1S/C10H17NO2/c1-2-13-9(12)7-11-8-5-10(6-8)3-4-10/h8,11H,2-7H2,1H3. The Labute approximate surface area is 78.8 Å². The second kappa shape index (κ2) is 3.29. The molecule has 13 heavy (non-hydrogen) atoms. The molecule has 0 bridgehead atoms. The van der Waals surface area contributed by atoms with E-state index in [0.717, 1.165) is 0 Å². The molecule has 3 nitrogen and oxygen atoms in total.